The standard InChI is InChI=1S/C12H21N3/c1-12(2,3)8-10(13)7-9-5-4-6-15-11(9)14/h4-6,10H,7-8,13H2,1-3H3,(H2,14,15). The Morgan fingerprint density at radius 3 is 2.60 bits per heavy atom. The van der Waals surface area contributed by atoms with Crippen LogP contribution >= 0.6 is 0 Å². The Kier molecular flexibility index (Phi) is 3.69. The summed E-state index contributed by atoms with van der Waals surface area (Å²) >= 11 is 0. The Bertz CT molecular complexity index is 315. The first-order valence-corrected chi connectivity index (χ1v) is 5.33. The zero-order valence-electron chi connectivity index (χ0n) is 9.83. The minimum atomic E-state index is 0.150. The van der Waals surface area contributed by atoms with Crippen LogP contribution in [0.5, 0.6) is 0 Å². The highest BCUT2D eigenvalue weighted by Crippen LogP contribution is 2.22. The highest BCUT2D eigenvalue weighted by molar-refractivity contribution is 5.38. The number of rotatable bonds is 3. The van der Waals surface area contributed by atoms with E-state index in [1.165, 1.54) is 0 Å². The van der Waals surface area contributed by atoms with Gasteiger partial charge in [-0.3, -0.25) is 0 Å². The Morgan fingerprint density at radius 1 is 1.40 bits per heavy atom. The van der Waals surface area contributed by atoms with Crippen LogP contribution in [0.15, 0.2) is 18.3 Å². The van der Waals surface area contributed by atoms with Crippen LogP contribution in [0, 0.1) is 5.41 Å². The molecule has 1 unspecified atom stereocenters. The second-order valence-corrected chi connectivity index (χ2v) is 5.28. The van der Waals surface area contributed by atoms with Crippen LogP contribution in [0.4, 0.5) is 5.82 Å². The third-order valence-corrected chi connectivity index (χ3v) is 2.28. The molecule has 0 aliphatic rings. The quantitative estimate of drug-likeness (QED) is 0.796. The maximum atomic E-state index is 6.08. The highest BCUT2D eigenvalue weighted by atomic mass is 14.8. The molecule has 0 amide bonds. The monoisotopic (exact) mass is 207 g/mol. The van der Waals surface area contributed by atoms with Crippen molar-refractivity contribution in [2.24, 2.45) is 11.1 Å². The summed E-state index contributed by atoms with van der Waals surface area (Å²) in [5, 5.41) is 0. The van der Waals surface area contributed by atoms with Gasteiger partial charge in [-0.05, 0) is 29.9 Å². The van der Waals surface area contributed by atoms with Gasteiger partial charge >= 0.3 is 0 Å². The number of nitrogens with two attached hydrogens (primary N) is 2. The molecule has 1 aromatic heterocycles. The Labute approximate surface area is 91.9 Å². The van der Waals surface area contributed by atoms with Gasteiger partial charge in [0.05, 0.1) is 0 Å². The third kappa shape index (κ3) is 4.30. The van der Waals surface area contributed by atoms with E-state index >= 15 is 0 Å². The van der Waals surface area contributed by atoms with Crippen LogP contribution in [0.3, 0.4) is 0 Å². The fraction of sp³-hybridized carbons (Fsp3) is 0.583. The number of pyridine rings is 1. The summed E-state index contributed by atoms with van der Waals surface area (Å²) in [5.41, 5.74) is 13.2. The SMILES string of the molecule is CC(C)(C)CC(N)Cc1cccnc1N. The molecule has 1 atom stereocenters. The number of hydrogen-bond donors (Lipinski definition) is 2. The average molecular weight is 207 g/mol. The van der Waals surface area contributed by atoms with Crippen molar-refractivity contribution in [3.63, 3.8) is 0 Å². The molecule has 0 radical (unpaired) electrons. The van der Waals surface area contributed by atoms with Crippen LogP contribution in [0.2, 0.25) is 0 Å². The summed E-state index contributed by atoms with van der Waals surface area (Å²) in [7, 11) is 0. The second-order valence-electron chi connectivity index (χ2n) is 5.28. The molecule has 1 heterocycles. The molecule has 15 heavy (non-hydrogen) atoms. The maximum absolute atomic E-state index is 6.08. The molecule has 0 fully saturated rings. The van der Waals surface area contributed by atoms with Gasteiger partial charge in [-0.2, -0.15) is 0 Å². The molecule has 84 valence electrons. The van der Waals surface area contributed by atoms with E-state index in [0.29, 0.717) is 5.82 Å². The van der Waals surface area contributed by atoms with Crippen molar-refractivity contribution in [1.29, 1.82) is 0 Å². The summed E-state index contributed by atoms with van der Waals surface area (Å²) in [5.74, 6) is 0.599. The van der Waals surface area contributed by atoms with E-state index in [1.54, 1.807) is 6.20 Å². The minimum absolute atomic E-state index is 0.150. The first kappa shape index (κ1) is 12.0. The van der Waals surface area contributed by atoms with Crippen LogP contribution < -0.4 is 11.5 Å². The molecule has 0 bridgehead atoms. The predicted octanol–water partition coefficient (Wildman–Crippen LogP) is 1.97. The summed E-state index contributed by atoms with van der Waals surface area (Å²) in [6.45, 7) is 6.58. The van der Waals surface area contributed by atoms with Gasteiger partial charge in [0.15, 0.2) is 0 Å². The largest absolute Gasteiger partial charge is 0.383 e. The fourth-order valence-electron chi connectivity index (χ4n) is 1.76. The molecule has 3 nitrogen and oxygen atoms in total. The third-order valence-electron chi connectivity index (χ3n) is 2.28. The molecule has 1 aromatic rings. The van der Waals surface area contributed by atoms with Gasteiger partial charge in [-0.15, -0.1) is 0 Å². The Morgan fingerprint density at radius 2 is 2.07 bits per heavy atom. The van der Waals surface area contributed by atoms with Gasteiger partial charge in [0.1, 0.15) is 5.82 Å². The molecule has 3 heteroatoms. The zero-order valence-corrected chi connectivity index (χ0v) is 9.83. The summed E-state index contributed by atoms with van der Waals surface area (Å²) in [4.78, 5) is 4.05. The predicted molar refractivity (Wildman–Crippen MR) is 64.4 cm³/mol. The lowest BCUT2D eigenvalue weighted by molar-refractivity contribution is 0.338. The molecular weight excluding hydrogens is 186 g/mol. The number of aromatic nitrogens is 1. The van der Waals surface area contributed by atoms with E-state index in [9.17, 15) is 0 Å². The molecule has 0 saturated carbocycles. The number of anilines is 1. The van der Waals surface area contributed by atoms with Crippen molar-refractivity contribution in [3.8, 4) is 0 Å². The highest BCUT2D eigenvalue weighted by Gasteiger charge is 2.16. The van der Waals surface area contributed by atoms with Gasteiger partial charge in [0, 0.05) is 12.2 Å². The summed E-state index contributed by atoms with van der Waals surface area (Å²) in [6, 6.07) is 4.04. The lowest BCUT2D eigenvalue weighted by Gasteiger charge is -2.23. The van der Waals surface area contributed by atoms with Gasteiger partial charge in [-0.1, -0.05) is 26.8 Å². The van der Waals surface area contributed by atoms with E-state index in [-0.39, 0.29) is 11.5 Å². The van der Waals surface area contributed by atoms with Crippen molar-refractivity contribution in [3.05, 3.63) is 23.9 Å². The first-order chi connectivity index (χ1) is 6.88. The molecule has 0 aromatic carbocycles. The van der Waals surface area contributed by atoms with Crippen LogP contribution in [0.1, 0.15) is 32.8 Å². The summed E-state index contributed by atoms with van der Waals surface area (Å²) < 4.78 is 0. The zero-order chi connectivity index (χ0) is 11.5. The fourth-order valence-corrected chi connectivity index (χ4v) is 1.76. The molecular formula is C12H21N3. The smallest absolute Gasteiger partial charge is 0.126 e. The average Bonchev–Trinajstić information content (AvgIpc) is 2.05. The lowest BCUT2D eigenvalue weighted by Crippen LogP contribution is -2.28. The number of nitrogen functional groups attached to an aromatic ring is 1. The molecule has 0 aliphatic carbocycles. The van der Waals surface area contributed by atoms with Gasteiger partial charge < -0.3 is 11.5 Å². The first-order valence-electron chi connectivity index (χ1n) is 5.33. The van der Waals surface area contributed by atoms with Crippen molar-refractivity contribution in [2.75, 3.05) is 5.73 Å². The number of nitrogens with zero attached hydrogens (tertiary/aromatic N) is 1. The Balaban J connectivity index is 2.59. The molecule has 0 spiro atoms. The van der Waals surface area contributed by atoms with E-state index in [0.717, 1.165) is 18.4 Å². The maximum Gasteiger partial charge on any atom is 0.126 e. The van der Waals surface area contributed by atoms with Gasteiger partial charge in [0.25, 0.3) is 0 Å². The van der Waals surface area contributed by atoms with Crippen molar-refractivity contribution < 1.29 is 0 Å². The topological polar surface area (TPSA) is 64.9 Å². The normalized spacial score (nSPS) is 13.9. The van der Waals surface area contributed by atoms with Crippen LogP contribution in [-0.4, -0.2) is 11.0 Å². The van der Waals surface area contributed by atoms with Crippen molar-refractivity contribution in [2.45, 2.75) is 39.7 Å². The minimum Gasteiger partial charge on any atom is -0.383 e. The van der Waals surface area contributed by atoms with Crippen LogP contribution in [-0.2, 0) is 6.42 Å². The van der Waals surface area contributed by atoms with Gasteiger partial charge in [-0.25, -0.2) is 4.98 Å². The molecule has 1 rings (SSSR count). The van der Waals surface area contributed by atoms with Crippen molar-refractivity contribution in [1.82, 2.24) is 4.98 Å². The van der Waals surface area contributed by atoms with E-state index in [1.807, 2.05) is 12.1 Å². The molecule has 0 saturated heterocycles. The van der Waals surface area contributed by atoms with E-state index < -0.39 is 0 Å². The lowest BCUT2D eigenvalue weighted by atomic mass is 9.86. The Hall–Kier alpha value is -1.09. The number of hydrogen-bond acceptors (Lipinski definition) is 3. The van der Waals surface area contributed by atoms with E-state index in [2.05, 4.69) is 25.8 Å². The van der Waals surface area contributed by atoms with E-state index in [4.69, 9.17) is 11.5 Å². The van der Waals surface area contributed by atoms with Gasteiger partial charge in [0.2, 0.25) is 0 Å². The molecule has 0 aliphatic heterocycles. The second kappa shape index (κ2) is 4.62. The van der Waals surface area contributed by atoms with Crippen molar-refractivity contribution >= 4 is 5.82 Å². The van der Waals surface area contributed by atoms with Crippen LogP contribution in [0.25, 0.3) is 0 Å². The summed E-state index contributed by atoms with van der Waals surface area (Å²) in [6.07, 6.45) is 3.49. The molecule has 4 N–H and O–H groups in total.